The van der Waals surface area contributed by atoms with E-state index in [-0.39, 0.29) is 12.1 Å². The van der Waals surface area contributed by atoms with Crippen LogP contribution in [0.1, 0.15) is 79.2 Å². The van der Waals surface area contributed by atoms with Crippen molar-refractivity contribution < 1.29 is 0 Å². The number of fused-ring (bicyclic) bond motifs is 3. The largest absolute Gasteiger partial charge is 0.373 e. The summed E-state index contributed by atoms with van der Waals surface area (Å²) in [5.74, 6) is 0. The topological polar surface area (TPSA) is 50.2 Å². The maximum absolute atomic E-state index is 5.29. The average molecular weight is 703 g/mol. The van der Waals surface area contributed by atoms with E-state index in [4.69, 9.17) is 9.98 Å². The normalized spacial score (nSPS) is 16.2. The molecule has 0 amide bonds. The van der Waals surface area contributed by atoms with Crippen LogP contribution in [0.25, 0.3) is 50.1 Å². The highest BCUT2D eigenvalue weighted by atomic mass is 15.0. The third kappa shape index (κ3) is 6.88. The van der Waals surface area contributed by atoms with E-state index >= 15 is 0 Å². The molecule has 54 heavy (non-hydrogen) atoms. The Bertz CT molecular complexity index is 2480. The van der Waals surface area contributed by atoms with Gasteiger partial charge in [-0.15, -0.1) is 0 Å². The number of aliphatic imine (C=N–C) groups is 1. The molecule has 8 rings (SSSR count). The zero-order valence-electron chi connectivity index (χ0n) is 31.2. The highest BCUT2D eigenvalue weighted by molar-refractivity contribution is 6.03. The first-order chi connectivity index (χ1) is 26.7. The number of benzene rings is 4. The van der Waals surface area contributed by atoms with Gasteiger partial charge in [-0.1, -0.05) is 142 Å². The van der Waals surface area contributed by atoms with E-state index < -0.39 is 0 Å². The van der Waals surface area contributed by atoms with Gasteiger partial charge in [0.05, 0.1) is 34.7 Å². The molecule has 2 aliphatic rings. The van der Waals surface area contributed by atoms with Crippen LogP contribution in [0.3, 0.4) is 0 Å². The lowest BCUT2D eigenvalue weighted by molar-refractivity contribution is 0.709. The smallest absolute Gasteiger partial charge is 0.0878 e. The predicted molar refractivity (Wildman–Crippen MR) is 229 cm³/mol. The first kappa shape index (κ1) is 34.9. The van der Waals surface area contributed by atoms with Gasteiger partial charge >= 0.3 is 0 Å². The van der Waals surface area contributed by atoms with Crippen molar-refractivity contribution in [3.05, 3.63) is 185 Å². The minimum atomic E-state index is -0.0325. The van der Waals surface area contributed by atoms with E-state index in [1.165, 1.54) is 49.7 Å². The average Bonchev–Trinajstić information content (AvgIpc) is 3.24. The molecule has 1 N–H and O–H groups in total. The van der Waals surface area contributed by atoms with Gasteiger partial charge in [-0.25, -0.2) is 4.98 Å². The lowest BCUT2D eigenvalue weighted by atomic mass is 9.79. The van der Waals surface area contributed by atoms with Crippen molar-refractivity contribution in [3.8, 4) is 11.1 Å². The Morgan fingerprint density at radius 2 is 1.69 bits per heavy atom. The SMILES string of the molecule is C=C/C(=C\C(CCC)/N=C/c1ccccn1)c1c2c(c(C3C=CC(CC)=C(c4cc(-c5ccccc5)c5ccccc5n4)N3)c3ccccc13)CCC=C2. The summed E-state index contributed by atoms with van der Waals surface area (Å²) in [6.07, 6.45) is 22.2. The summed E-state index contributed by atoms with van der Waals surface area (Å²) >= 11 is 0. The molecule has 0 bridgehead atoms. The van der Waals surface area contributed by atoms with Crippen LogP contribution in [0.5, 0.6) is 0 Å². The molecule has 6 aromatic rings. The van der Waals surface area contributed by atoms with Crippen molar-refractivity contribution in [1.82, 2.24) is 15.3 Å². The Kier molecular flexibility index (Phi) is 10.3. The number of dihydropyridines is 1. The number of allylic oxidation sites excluding steroid dienone is 5. The Balaban J connectivity index is 1.25. The molecule has 1 aliphatic carbocycles. The molecule has 4 aromatic carbocycles. The number of hydrogen-bond acceptors (Lipinski definition) is 4. The Labute approximate surface area is 319 Å². The number of pyridine rings is 2. The molecule has 3 heterocycles. The van der Waals surface area contributed by atoms with Gasteiger partial charge in [0.2, 0.25) is 0 Å². The molecule has 0 radical (unpaired) electrons. The molecule has 2 aromatic heterocycles. The first-order valence-corrected chi connectivity index (χ1v) is 19.3. The maximum atomic E-state index is 5.29. The number of nitrogens with one attached hydrogen (secondary N) is 1. The lowest BCUT2D eigenvalue weighted by Gasteiger charge is -2.31. The minimum absolute atomic E-state index is 0.00463. The zero-order chi connectivity index (χ0) is 36.9. The number of hydrogen-bond donors (Lipinski definition) is 1. The van der Waals surface area contributed by atoms with Gasteiger partial charge < -0.3 is 5.32 Å². The van der Waals surface area contributed by atoms with Crippen LogP contribution >= 0.6 is 0 Å². The molecular formula is C50H46N4. The monoisotopic (exact) mass is 702 g/mol. The molecule has 0 saturated carbocycles. The molecule has 2 unspecified atom stereocenters. The molecular weight excluding hydrogens is 657 g/mol. The van der Waals surface area contributed by atoms with Crippen molar-refractivity contribution >= 4 is 45.2 Å². The second-order valence-corrected chi connectivity index (χ2v) is 14.1. The van der Waals surface area contributed by atoms with Crippen LogP contribution in [0.2, 0.25) is 0 Å². The third-order valence-electron chi connectivity index (χ3n) is 10.7. The Morgan fingerprint density at radius 3 is 2.46 bits per heavy atom. The van der Waals surface area contributed by atoms with Crippen molar-refractivity contribution in [2.75, 3.05) is 0 Å². The van der Waals surface area contributed by atoms with E-state index in [9.17, 15) is 0 Å². The Hall–Kier alpha value is -6.13. The molecule has 4 nitrogen and oxygen atoms in total. The molecule has 0 saturated heterocycles. The van der Waals surface area contributed by atoms with Crippen LogP contribution < -0.4 is 5.32 Å². The summed E-state index contributed by atoms with van der Waals surface area (Å²) in [6.45, 7) is 8.80. The Morgan fingerprint density at radius 1 is 0.907 bits per heavy atom. The second kappa shape index (κ2) is 15.9. The summed E-state index contributed by atoms with van der Waals surface area (Å²) < 4.78 is 0. The third-order valence-corrected chi connectivity index (χ3v) is 10.7. The first-order valence-electron chi connectivity index (χ1n) is 19.3. The van der Waals surface area contributed by atoms with E-state index in [1.807, 2.05) is 36.7 Å². The van der Waals surface area contributed by atoms with Crippen LogP contribution in [0, 0.1) is 0 Å². The minimum Gasteiger partial charge on any atom is -0.373 e. The van der Waals surface area contributed by atoms with Gasteiger partial charge in [-0.05, 0) is 105 Å². The summed E-state index contributed by atoms with van der Waals surface area (Å²) in [5.41, 5.74) is 13.9. The van der Waals surface area contributed by atoms with Crippen molar-refractivity contribution in [3.63, 3.8) is 0 Å². The van der Waals surface area contributed by atoms with Crippen LogP contribution in [-0.2, 0) is 6.42 Å². The quantitative estimate of drug-likeness (QED) is 0.108. The van der Waals surface area contributed by atoms with E-state index in [0.29, 0.717) is 0 Å². The zero-order valence-corrected chi connectivity index (χ0v) is 31.2. The summed E-state index contributed by atoms with van der Waals surface area (Å²) in [6, 6.07) is 36.2. The van der Waals surface area contributed by atoms with E-state index in [1.54, 1.807) is 0 Å². The highest BCUT2D eigenvalue weighted by Crippen LogP contribution is 2.43. The van der Waals surface area contributed by atoms with Gasteiger partial charge in [0, 0.05) is 17.8 Å². The number of para-hydroxylation sites is 1. The standard InChI is InChI=1S/C50H46N4/c1-4-18-37(52-33-38-21-16-17-30-51-38)31-35(6-3)48-40-23-10-12-25-42(40)49(43-26-13-11-24-41(43)48)46-29-28-34(5-2)50(54-46)47-32-44(36-19-8-7-9-20-36)39-22-14-15-27-45(39)53-47/h6-12,14-17,19-25,27-33,37,46,54H,3-5,13,18,26H2,1-2H3/b35-31+,52-33+. The molecule has 0 fully saturated rings. The van der Waals surface area contributed by atoms with Crippen molar-refractivity contribution in [1.29, 1.82) is 0 Å². The van der Waals surface area contributed by atoms with Gasteiger partial charge in [0.1, 0.15) is 0 Å². The summed E-state index contributed by atoms with van der Waals surface area (Å²) in [7, 11) is 0. The molecule has 4 heteroatoms. The number of aromatic nitrogens is 2. The number of nitrogens with zero attached hydrogens (tertiary/aromatic N) is 3. The van der Waals surface area contributed by atoms with Crippen molar-refractivity contribution in [2.45, 2.75) is 58.0 Å². The fraction of sp³-hybridized carbons (Fsp3) is 0.180. The van der Waals surface area contributed by atoms with Gasteiger partial charge in [-0.3, -0.25) is 9.98 Å². The second-order valence-electron chi connectivity index (χ2n) is 14.1. The van der Waals surface area contributed by atoms with Crippen molar-refractivity contribution in [2.24, 2.45) is 4.99 Å². The molecule has 0 spiro atoms. The highest BCUT2D eigenvalue weighted by Gasteiger charge is 2.28. The van der Waals surface area contributed by atoms with Gasteiger partial charge in [-0.2, -0.15) is 0 Å². The molecule has 2 atom stereocenters. The van der Waals surface area contributed by atoms with E-state index in [0.717, 1.165) is 65.7 Å². The van der Waals surface area contributed by atoms with Gasteiger partial charge in [0.15, 0.2) is 0 Å². The maximum Gasteiger partial charge on any atom is 0.0878 e. The van der Waals surface area contributed by atoms with Crippen LogP contribution in [0.15, 0.2) is 157 Å². The molecule has 1 aliphatic heterocycles. The van der Waals surface area contributed by atoms with E-state index in [2.05, 4.69) is 146 Å². The molecule has 266 valence electrons. The lowest BCUT2D eigenvalue weighted by Crippen LogP contribution is -2.25. The predicted octanol–water partition coefficient (Wildman–Crippen LogP) is 12.3. The van der Waals surface area contributed by atoms with Gasteiger partial charge in [0.25, 0.3) is 0 Å². The number of rotatable bonds is 11. The van der Waals surface area contributed by atoms with Crippen LogP contribution in [0.4, 0.5) is 0 Å². The van der Waals surface area contributed by atoms with Crippen LogP contribution in [-0.4, -0.2) is 22.2 Å². The fourth-order valence-electron chi connectivity index (χ4n) is 8.12. The summed E-state index contributed by atoms with van der Waals surface area (Å²) in [4.78, 5) is 14.8. The summed E-state index contributed by atoms with van der Waals surface area (Å²) in [5, 5.41) is 7.71. The fourth-order valence-corrected chi connectivity index (χ4v) is 8.12.